The van der Waals surface area contributed by atoms with Gasteiger partial charge < -0.3 is 10.1 Å². The van der Waals surface area contributed by atoms with Gasteiger partial charge in [0.15, 0.2) is 0 Å². The monoisotopic (exact) mass is 285 g/mol. The fourth-order valence-electron chi connectivity index (χ4n) is 2.07. The third-order valence-corrected chi connectivity index (χ3v) is 3.15. The predicted octanol–water partition coefficient (Wildman–Crippen LogP) is 3.05. The van der Waals surface area contributed by atoms with Gasteiger partial charge in [0.1, 0.15) is 0 Å². The zero-order chi connectivity index (χ0) is 15.4. The van der Waals surface area contributed by atoms with Crippen LogP contribution in [0.4, 0.5) is 5.69 Å². The van der Waals surface area contributed by atoms with Crippen LogP contribution in [0.1, 0.15) is 34.2 Å². The maximum absolute atomic E-state index is 12.4. The number of hydrogen-bond donors (Lipinski definition) is 1. The highest BCUT2D eigenvalue weighted by Crippen LogP contribution is 2.21. The van der Waals surface area contributed by atoms with Gasteiger partial charge in [-0.15, -0.1) is 0 Å². The Balaban J connectivity index is 2.28. The average molecular weight is 285 g/mol. The minimum atomic E-state index is -0.160. The van der Waals surface area contributed by atoms with Crippen LogP contribution in [0.3, 0.4) is 0 Å². The van der Waals surface area contributed by atoms with Crippen molar-refractivity contribution in [3.63, 3.8) is 0 Å². The topological polar surface area (TPSA) is 64.1 Å². The maximum atomic E-state index is 12.4. The molecule has 0 fully saturated rings. The minimum absolute atomic E-state index is 0.160. The highest BCUT2D eigenvalue weighted by molar-refractivity contribution is 6.05. The lowest BCUT2D eigenvalue weighted by Crippen LogP contribution is -2.16. The third-order valence-electron chi connectivity index (χ3n) is 3.15. The standard InChI is InChI=1S/C16H19N3O2/c1-5-21-16-17-11(3)14(12(4)18-16)19-15(20)13-9-7-6-8-10(13)2/h6-9H,5H2,1-4H3,(H,19,20). The summed E-state index contributed by atoms with van der Waals surface area (Å²) >= 11 is 0. The van der Waals surface area contributed by atoms with Gasteiger partial charge in [0, 0.05) is 5.56 Å². The van der Waals surface area contributed by atoms with Gasteiger partial charge in [-0.3, -0.25) is 4.79 Å². The van der Waals surface area contributed by atoms with Gasteiger partial charge in [-0.25, -0.2) is 0 Å². The number of benzene rings is 1. The summed E-state index contributed by atoms with van der Waals surface area (Å²) in [6.45, 7) is 7.94. The van der Waals surface area contributed by atoms with Crippen molar-refractivity contribution < 1.29 is 9.53 Å². The molecule has 1 amide bonds. The van der Waals surface area contributed by atoms with Crippen LogP contribution in [0.15, 0.2) is 24.3 Å². The molecule has 0 saturated heterocycles. The van der Waals surface area contributed by atoms with E-state index in [9.17, 15) is 4.79 Å². The Morgan fingerprint density at radius 1 is 1.14 bits per heavy atom. The molecule has 1 aromatic carbocycles. The lowest BCUT2D eigenvalue weighted by molar-refractivity contribution is 0.102. The number of amides is 1. The van der Waals surface area contributed by atoms with Crippen molar-refractivity contribution >= 4 is 11.6 Å². The fraction of sp³-hybridized carbons (Fsp3) is 0.312. The molecule has 5 heteroatoms. The Bertz CT molecular complexity index is 645. The number of hydrogen-bond acceptors (Lipinski definition) is 4. The molecule has 0 aliphatic rings. The predicted molar refractivity (Wildman–Crippen MR) is 81.8 cm³/mol. The first kappa shape index (κ1) is 15.0. The molecule has 110 valence electrons. The highest BCUT2D eigenvalue weighted by atomic mass is 16.5. The lowest BCUT2D eigenvalue weighted by Gasteiger charge is -2.13. The second kappa shape index (κ2) is 6.35. The molecule has 2 aromatic rings. The first-order chi connectivity index (χ1) is 10.0. The van der Waals surface area contributed by atoms with E-state index in [0.29, 0.717) is 35.3 Å². The number of aromatic nitrogens is 2. The number of anilines is 1. The summed E-state index contributed by atoms with van der Waals surface area (Å²) in [6.07, 6.45) is 0. The SMILES string of the molecule is CCOc1nc(C)c(NC(=O)c2ccccc2C)c(C)n1. The lowest BCUT2D eigenvalue weighted by atomic mass is 10.1. The molecule has 1 aromatic heterocycles. The normalized spacial score (nSPS) is 10.3. The number of rotatable bonds is 4. The number of aryl methyl sites for hydroxylation is 3. The number of ether oxygens (including phenoxy) is 1. The molecule has 21 heavy (non-hydrogen) atoms. The van der Waals surface area contributed by atoms with E-state index in [2.05, 4.69) is 15.3 Å². The molecular formula is C16H19N3O2. The van der Waals surface area contributed by atoms with Gasteiger partial charge in [-0.2, -0.15) is 9.97 Å². The zero-order valence-corrected chi connectivity index (χ0v) is 12.7. The van der Waals surface area contributed by atoms with Crippen molar-refractivity contribution in [2.75, 3.05) is 11.9 Å². The van der Waals surface area contributed by atoms with Crippen molar-refractivity contribution in [2.45, 2.75) is 27.7 Å². The Hall–Kier alpha value is -2.43. The van der Waals surface area contributed by atoms with E-state index in [1.54, 1.807) is 6.07 Å². The molecule has 0 unspecified atom stereocenters. The van der Waals surface area contributed by atoms with E-state index in [1.165, 1.54) is 0 Å². The van der Waals surface area contributed by atoms with Crippen molar-refractivity contribution in [3.8, 4) is 6.01 Å². The highest BCUT2D eigenvalue weighted by Gasteiger charge is 2.14. The molecular weight excluding hydrogens is 266 g/mol. The first-order valence-electron chi connectivity index (χ1n) is 6.88. The van der Waals surface area contributed by atoms with Crippen molar-refractivity contribution in [1.82, 2.24) is 9.97 Å². The summed E-state index contributed by atoms with van der Waals surface area (Å²) in [5, 5.41) is 2.89. The summed E-state index contributed by atoms with van der Waals surface area (Å²) < 4.78 is 5.30. The van der Waals surface area contributed by atoms with E-state index < -0.39 is 0 Å². The molecule has 2 rings (SSSR count). The van der Waals surface area contributed by atoms with E-state index in [1.807, 2.05) is 45.9 Å². The van der Waals surface area contributed by atoms with E-state index in [4.69, 9.17) is 4.74 Å². The molecule has 0 saturated carbocycles. The quantitative estimate of drug-likeness (QED) is 0.937. The Kier molecular flexibility index (Phi) is 4.52. The fourth-order valence-corrected chi connectivity index (χ4v) is 2.07. The second-order valence-corrected chi connectivity index (χ2v) is 4.75. The summed E-state index contributed by atoms with van der Waals surface area (Å²) in [6, 6.07) is 7.79. The molecule has 0 aliphatic heterocycles. The number of nitrogens with zero attached hydrogens (tertiary/aromatic N) is 2. The van der Waals surface area contributed by atoms with Crippen LogP contribution in [0, 0.1) is 20.8 Å². The first-order valence-corrected chi connectivity index (χ1v) is 6.88. The summed E-state index contributed by atoms with van der Waals surface area (Å²) in [5.74, 6) is -0.160. The molecule has 0 atom stereocenters. The van der Waals surface area contributed by atoms with Crippen LogP contribution in [0.25, 0.3) is 0 Å². The van der Waals surface area contributed by atoms with Gasteiger partial charge in [-0.05, 0) is 39.3 Å². The summed E-state index contributed by atoms with van der Waals surface area (Å²) in [7, 11) is 0. The minimum Gasteiger partial charge on any atom is -0.464 e. The molecule has 0 aliphatic carbocycles. The third kappa shape index (κ3) is 3.37. The van der Waals surface area contributed by atoms with Crippen LogP contribution in [0.5, 0.6) is 6.01 Å². The molecule has 1 N–H and O–H groups in total. The Morgan fingerprint density at radius 3 is 2.33 bits per heavy atom. The van der Waals surface area contributed by atoms with Crippen LogP contribution in [0.2, 0.25) is 0 Å². The summed E-state index contributed by atoms with van der Waals surface area (Å²) in [4.78, 5) is 20.8. The van der Waals surface area contributed by atoms with Gasteiger partial charge in [0.05, 0.1) is 23.7 Å². The molecule has 0 bridgehead atoms. The van der Waals surface area contributed by atoms with Crippen LogP contribution < -0.4 is 10.1 Å². The molecule has 5 nitrogen and oxygen atoms in total. The number of carbonyl (C=O) groups excluding carboxylic acids is 1. The second-order valence-electron chi connectivity index (χ2n) is 4.75. The number of nitrogens with one attached hydrogen (secondary N) is 1. The van der Waals surface area contributed by atoms with Gasteiger partial charge in [0.2, 0.25) is 0 Å². The molecule has 1 heterocycles. The van der Waals surface area contributed by atoms with Crippen molar-refractivity contribution in [2.24, 2.45) is 0 Å². The van der Waals surface area contributed by atoms with E-state index in [-0.39, 0.29) is 5.91 Å². The largest absolute Gasteiger partial charge is 0.464 e. The molecule has 0 spiro atoms. The average Bonchev–Trinajstić information content (AvgIpc) is 2.43. The van der Waals surface area contributed by atoms with Crippen LogP contribution >= 0.6 is 0 Å². The van der Waals surface area contributed by atoms with Gasteiger partial charge in [0.25, 0.3) is 5.91 Å². The van der Waals surface area contributed by atoms with Gasteiger partial charge >= 0.3 is 6.01 Å². The van der Waals surface area contributed by atoms with Crippen molar-refractivity contribution in [3.05, 3.63) is 46.8 Å². The zero-order valence-electron chi connectivity index (χ0n) is 12.7. The Morgan fingerprint density at radius 2 is 1.76 bits per heavy atom. The van der Waals surface area contributed by atoms with Crippen LogP contribution in [-0.2, 0) is 0 Å². The van der Waals surface area contributed by atoms with Crippen LogP contribution in [-0.4, -0.2) is 22.5 Å². The number of carbonyl (C=O) groups is 1. The van der Waals surface area contributed by atoms with Crippen molar-refractivity contribution in [1.29, 1.82) is 0 Å². The van der Waals surface area contributed by atoms with E-state index >= 15 is 0 Å². The summed E-state index contributed by atoms with van der Waals surface area (Å²) in [5.41, 5.74) is 3.58. The van der Waals surface area contributed by atoms with Gasteiger partial charge in [-0.1, -0.05) is 18.2 Å². The van der Waals surface area contributed by atoms with E-state index in [0.717, 1.165) is 5.56 Å². The molecule has 0 radical (unpaired) electrons. The smallest absolute Gasteiger partial charge is 0.316 e. The Labute approximate surface area is 124 Å². The maximum Gasteiger partial charge on any atom is 0.316 e.